The first kappa shape index (κ1) is 14.2. The largest absolute Gasteiger partial charge is 0.334 e. The molecule has 1 aliphatic heterocycles. The van der Waals surface area contributed by atoms with Gasteiger partial charge < -0.3 is 5.32 Å². The molecule has 0 aromatic heterocycles. The summed E-state index contributed by atoms with van der Waals surface area (Å²) < 4.78 is 13.0. The van der Waals surface area contributed by atoms with Gasteiger partial charge in [-0.15, -0.1) is 0 Å². The van der Waals surface area contributed by atoms with Crippen molar-refractivity contribution in [2.24, 2.45) is 0 Å². The molecule has 1 aliphatic carbocycles. The third-order valence-electron chi connectivity index (χ3n) is 3.41. The monoisotopic (exact) mass is 305 g/mol. The molecule has 0 bridgehead atoms. The second-order valence-electron chi connectivity index (χ2n) is 5.14. The molecule has 7 nitrogen and oxygen atoms in total. The Hall–Kier alpha value is -2.77. The third-order valence-corrected chi connectivity index (χ3v) is 3.41. The van der Waals surface area contributed by atoms with Crippen LogP contribution in [0.25, 0.3) is 0 Å². The van der Waals surface area contributed by atoms with Crippen molar-refractivity contribution in [3.05, 3.63) is 30.1 Å². The van der Waals surface area contributed by atoms with Gasteiger partial charge in [-0.2, -0.15) is 0 Å². The molecule has 1 aromatic rings. The van der Waals surface area contributed by atoms with Gasteiger partial charge in [0.1, 0.15) is 12.4 Å². The van der Waals surface area contributed by atoms with Gasteiger partial charge in [0.15, 0.2) is 0 Å². The lowest BCUT2D eigenvalue weighted by Gasteiger charge is -2.14. The Balaban J connectivity index is 1.67. The Morgan fingerprint density at radius 3 is 2.59 bits per heavy atom. The number of anilines is 1. The minimum Gasteiger partial charge on any atom is -0.324 e. The number of hydrogen-bond donors (Lipinski definition) is 1. The first-order valence-electron chi connectivity index (χ1n) is 6.72. The van der Waals surface area contributed by atoms with Crippen LogP contribution in [0.2, 0.25) is 0 Å². The number of imide groups is 2. The quantitative estimate of drug-likeness (QED) is 0.656. The second kappa shape index (κ2) is 5.21. The van der Waals surface area contributed by atoms with E-state index < -0.39 is 36.1 Å². The molecule has 1 N–H and O–H groups in total. The molecule has 2 aliphatic rings. The van der Waals surface area contributed by atoms with Gasteiger partial charge in [-0.25, -0.2) is 14.1 Å². The van der Waals surface area contributed by atoms with Crippen molar-refractivity contribution >= 4 is 29.4 Å². The number of benzene rings is 1. The number of amides is 5. The summed E-state index contributed by atoms with van der Waals surface area (Å²) in [5, 5.41) is 2.37. The maximum absolute atomic E-state index is 13.0. The van der Waals surface area contributed by atoms with Gasteiger partial charge in [-0.05, 0) is 31.0 Å². The molecule has 0 spiro atoms. The summed E-state index contributed by atoms with van der Waals surface area (Å²) in [4.78, 5) is 48.9. The highest BCUT2D eigenvalue weighted by molar-refractivity contribution is 6.45. The highest BCUT2D eigenvalue weighted by Gasteiger charge is 2.51. The SMILES string of the molecule is O=C(CN1C(=O)C(=O)N(C2CC2)C1=O)Nc1cccc(F)c1. The van der Waals surface area contributed by atoms with Crippen LogP contribution in [0.4, 0.5) is 14.9 Å². The number of nitrogens with one attached hydrogen (secondary N) is 1. The summed E-state index contributed by atoms with van der Waals surface area (Å²) in [5.41, 5.74) is 0.203. The molecule has 114 valence electrons. The molecule has 1 aromatic carbocycles. The molecule has 8 heteroatoms. The van der Waals surface area contributed by atoms with Gasteiger partial charge in [0.05, 0.1) is 0 Å². The standard InChI is InChI=1S/C14H12FN3O4/c15-8-2-1-3-9(6-8)16-11(19)7-17-12(20)13(21)18(14(17)22)10-4-5-10/h1-3,6,10H,4-5,7H2,(H,16,19). The van der Waals surface area contributed by atoms with E-state index in [1.807, 2.05) is 0 Å². The van der Waals surface area contributed by atoms with Crippen LogP contribution in [0.5, 0.6) is 0 Å². The van der Waals surface area contributed by atoms with E-state index >= 15 is 0 Å². The number of urea groups is 1. The lowest BCUT2D eigenvalue weighted by Crippen LogP contribution is -2.39. The number of halogens is 1. The number of carbonyl (C=O) groups excluding carboxylic acids is 4. The molecule has 0 radical (unpaired) electrons. The molecule has 2 fully saturated rings. The first-order chi connectivity index (χ1) is 10.5. The fourth-order valence-electron chi connectivity index (χ4n) is 2.23. The second-order valence-corrected chi connectivity index (χ2v) is 5.14. The van der Waals surface area contributed by atoms with E-state index in [1.54, 1.807) is 0 Å². The van der Waals surface area contributed by atoms with Crippen LogP contribution in [0.1, 0.15) is 12.8 Å². The van der Waals surface area contributed by atoms with Gasteiger partial charge in [0.2, 0.25) is 5.91 Å². The molecule has 3 rings (SSSR count). The predicted octanol–water partition coefficient (Wildman–Crippen LogP) is 0.717. The Morgan fingerprint density at radius 1 is 1.23 bits per heavy atom. The van der Waals surface area contributed by atoms with E-state index in [0.717, 1.165) is 11.0 Å². The minimum atomic E-state index is -1.01. The summed E-state index contributed by atoms with van der Waals surface area (Å²) in [7, 11) is 0. The highest BCUT2D eigenvalue weighted by Crippen LogP contribution is 2.30. The zero-order chi connectivity index (χ0) is 15.9. The lowest BCUT2D eigenvalue weighted by molar-refractivity contribution is -0.143. The van der Waals surface area contributed by atoms with E-state index in [4.69, 9.17) is 0 Å². The Kier molecular flexibility index (Phi) is 3.36. The van der Waals surface area contributed by atoms with Crippen LogP contribution >= 0.6 is 0 Å². The molecular formula is C14H12FN3O4. The van der Waals surface area contributed by atoms with Crippen LogP contribution in [-0.4, -0.2) is 46.1 Å². The fraction of sp³-hybridized carbons (Fsp3) is 0.286. The number of hydrogen-bond acceptors (Lipinski definition) is 4. The minimum absolute atomic E-state index is 0.203. The molecule has 1 saturated carbocycles. The van der Waals surface area contributed by atoms with E-state index in [0.29, 0.717) is 17.7 Å². The third kappa shape index (κ3) is 2.54. The van der Waals surface area contributed by atoms with Gasteiger partial charge in [-0.3, -0.25) is 19.3 Å². The molecule has 22 heavy (non-hydrogen) atoms. The summed E-state index contributed by atoms with van der Waals surface area (Å²) in [5.74, 6) is -3.11. The summed E-state index contributed by atoms with van der Waals surface area (Å²) >= 11 is 0. The van der Waals surface area contributed by atoms with E-state index in [9.17, 15) is 23.6 Å². The van der Waals surface area contributed by atoms with Crippen molar-refractivity contribution in [2.75, 3.05) is 11.9 Å². The number of nitrogens with zero attached hydrogens (tertiary/aromatic N) is 2. The average Bonchev–Trinajstić information content (AvgIpc) is 3.25. The van der Waals surface area contributed by atoms with Crippen LogP contribution < -0.4 is 5.32 Å². The summed E-state index contributed by atoms with van der Waals surface area (Å²) in [6, 6.07) is 4.20. The van der Waals surface area contributed by atoms with E-state index in [-0.39, 0.29) is 11.7 Å². The lowest BCUT2D eigenvalue weighted by atomic mass is 10.3. The molecule has 0 atom stereocenters. The first-order valence-corrected chi connectivity index (χ1v) is 6.72. The Morgan fingerprint density at radius 2 is 1.95 bits per heavy atom. The van der Waals surface area contributed by atoms with Crippen molar-refractivity contribution in [1.82, 2.24) is 9.80 Å². The van der Waals surface area contributed by atoms with Crippen LogP contribution in [0.15, 0.2) is 24.3 Å². The number of carbonyl (C=O) groups is 4. The van der Waals surface area contributed by atoms with Gasteiger partial charge >= 0.3 is 17.8 Å². The van der Waals surface area contributed by atoms with Gasteiger partial charge in [0, 0.05) is 11.7 Å². The van der Waals surface area contributed by atoms with E-state index in [1.165, 1.54) is 18.2 Å². The molecule has 1 heterocycles. The van der Waals surface area contributed by atoms with Gasteiger partial charge in [-0.1, -0.05) is 6.07 Å². The smallest absolute Gasteiger partial charge is 0.324 e. The molecular weight excluding hydrogens is 293 g/mol. The number of rotatable bonds is 4. The maximum atomic E-state index is 13.0. The molecule has 5 amide bonds. The Labute approximate surface area is 124 Å². The molecule has 0 unspecified atom stereocenters. The summed E-state index contributed by atoms with van der Waals surface area (Å²) in [6.45, 7) is -0.580. The zero-order valence-electron chi connectivity index (χ0n) is 11.4. The summed E-state index contributed by atoms with van der Waals surface area (Å²) in [6.07, 6.45) is 1.35. The average molecular weight is 305 g/mol. The zero-order valence-corrected chi connectivity index (χ0v) is 11.4. The van der Waals surface area contributed by atoms with Crippen molar-refractivity contribution < 1.29 is 23.6 Å². The van der Waals surface area contributed by atoms with Crippen molar-refractivity contribution in [3.63, 3.8) is 0 Å². The van der Waals surface area contributed by atoms with Crippen LogP contribution in [0.3, 0.4) is 0 Å². The topological polar surface area (TPSA) is 86.8 Å². The Bertz CT molecular complexity index is 686. The van der Waals surface area contributed by atoms with E-state index in [2.05, 4.69) is 5.32 Å². The van der Waals surface area contributed by atoms with Crippen molar-refractivity contribution in [2.45, 2.75) is 18.9 Å². The molecule has 1 saturated heterocycles. The predicted molar refractivity (Wildman–Crippen MR) is 72.0 cm³/mol. The van der Waals surface area contributed by atoms with Gasteiger partial charge in [0.25, 0.3) is 0 Å². The van der Waals surface area contributed by atoms with Crippen LogP contribution in [-0.2, 0) is 14.4 Å². The maximum Gasteiger partial charge on any atom is 0.334 e. The van der Waals surface area contributed by atoms with Crippen molar-refractivity contribution in [1.29, 1.82) is 0 Å². The normalized spacial score (nSPS) is 18.1. The highest BCUT2D eigenvalue weighted by atomic mass is 19.1. The van der Waals surface area contributed by atoms with Crippen LogP contribution in [0, 0.1) is 5.82 Å². The van der Waals surface area contributed by atoms with Crippen molar-refractivity contribution in [3.8, 4) is 0 Å². The fourth-order valence-corrected chi connectivity index (χ4v) is 2.23.